The van der Waals surface area contributed by atoms with Gasteiger partial charge < -0.3 is 90.5 Å². The average molecular weight is 1110 g/mol. The number of hydrogen-bond acceptors (Lipinski definition) is 16. The van der Waals surface area contributed by atoms with Crippen LogP contribution in [0.1, 0.15) is 69.9 Å². The van der Waals surface area contributed by atoms with Crippen LogP contribution in [0.4, 0.5) is 0 Å². The number of nitrogens with one attached hydrogen (secondary N) is 8. The number of aliphatic carboxylic acids is 1. The summed E-state index contributed by atoms with van der Waals surface area (Å²) >= 11 is 0. The molecule has 79 heavy (non-hydrogen) atoms. The Morgan fingerprint density at radius 1 is 0.620 bits per heavy atom. The van der Waals surface area contributed by atoms with Crippen LogP contribution in [0.2, 0.25) is 0 Å². The summed E-state index contributed by atoms with van der Waals surface area (Å²) in [5, 5.41) is 57.8. The van der Waals surface area contributed by atoms with Gasteiger partial charge in [-0.3, -0.25) is 52.7 Å². The van der Waals surface area contributed by atoms with Crippen LogP contribution in [-0.2, 0) is 70.4 Å². The average Bonchev–Trinajstić information content (AvgIpc) is 4.06. The zero-order chi connectivity index (χ0) is 58.7. The van der Waals surface area contributed by atoms with E-state index in [9.17, 15) is 78.0 Å². The van der Waals surface area contributed by atoms with Gasteiger partial charge in [0.25, 0.3) is 0 Å². The van der Waals surface area contributed by atoms with Gasteiger partial charge in [0.05, 0.1) is 31.3 Å². The van der Waals surface area contributed by atoms with Crippen molar-refractivity contribution in [3.8, 4) is 0 Å². The number of aromatic nitrogens is 1. The number of carboxylic acids is 1. The molecule has 0 aliphatic carbocycles. The molecule has 11 amide bonds. The van der Waals surface area contributed by atoms with Gasteiger partial charge in [0.15, 0.2) is 6.04 Å². The number of nitrogens with two attached hydrogens (primary N) is 4. The van der Waals surface area contributed by atoms with E-state index in [0.29, 0.717) is 22.0 Å². The molecular weight excluding hydrogens is 1040 g/mol. The monoisotopic (exact) mass is 1110 g/mol. The third-order valence-electron chi connectivity index (χ3n) is 12.8. The zero-order valence-corrected chi connectivity index (χ0v) is 43.3. The number of H-pyrrole nitrogens is 1. The molecular formula is C50H69N13O16. The van der Waals surface area contributed by atoms with Crippen molar-refractivity contribution in [3.05, 3.63) is 71.9 Å². The second-order valence-electron chi connectivity index (χ2n) is 19.0. The molecule has 1 fully saturated rings. The van der Waals surface area contributed by atoms with Crippen LogP contribution in [0, 0.1) is 0 Å². The van der Waals surface area contributed by atoms with Gasteiger partial charge in [-0.25, -0.2) is 4.79 Å². The number of amides is 11. The molecule has 1 aromatic heterocycles. The molecule has 1 aliphatic rings. The molecule has 2 aromatic carbocycles. The number of hydrogen-bond donors (Lipinski definition) is 16. The molecule has 1 aliphatic heterocycles. The number of carbonyl (C=O) groups is 12. The Morgan fingerprint density at radius 2 is 1.16 bits per heavy atom. The first-order chi connectivity index (χ1) is 37.3. The number of rotatable bonds is 31. The smallest absolute Gasteiger partial charge is 0.328 e. The number of para-hydroxylation sites is 1. The second kappa shape index (κ2) is 29.8. The maximum absolute atomic E-state index is 14.8. The van der Waals surface area contributed by atoms with Crippen molar-refractivity contribution in [3.63, 3.8) is 0 Å². The molecule has 1 saturated heterocycles. The summed E-state index contributed by atoms with van der Waals surface area (Å²) < 4.78 is 0. The molecule has 29 nitrogen and oxygen atoms in total. The Hall–Kier alpha value is -8.54. The highest BCUT2D eigenvalue weighted by atomic mass is 16.4. The highest BCUT2D eigenvalue weighted by molar-refractivity contribution is 6.00. The minimum absolute atomic E-state index is 0.0224. The highest BCUT2D eigenvalue weighted by Gasteiger charge is 2.41. The number of carbonyl (C=O) groups excluding carboxylic acids is 11. The summed E-state index contributed by atoms with van der Waals surface area (Å²) in [5.41, 5.74) is 23.3. The Labute approximate surface area is 452 Å². The number of aliphatic hydroxyl groups is 3. The SMILES string of the molecule is C[C@@H](O)[C@H](NC(=O)[C@H](Cc1ccccc1)NC(=O)[C@@H]1CCCN1C(=O)[C@H](Cc1c[nH]c2ccccc12)NC(=O)[C@@H](NC(=O)[C@H](CC(N)=O)NC(=O)[C@H](CO)NC(=O)[C@H](CCC(N)=O)NC(=O)[C@@H](N)CCC(N)=O)[C@@H](C)O)C(=O)O. The van der Waals surface area contributed by atoms with Crippen LogP contribution < -0.4 is 60.2 Å². The van der Waals surface area contributed by atoms with Gasteiger partial charge >= 0.3 is 5.97 Å². The number of carboxylic acid groups (broad SMARTS) is 1. The molecule has 2 heterocycles. The molecule has 0 spiro atoms. The lowest BCUT2D eigenvalue weighted by Gasteiger charge is -2.31. The summed E-state index contributed by atoms with van der Waals surface area (Å²) in [6.45, 7) is 1.09. The van der Waals surface area contributed by atoms with E-state index in [0.717, 1.165) is 13.8 Å². The van der Waals surface area contributed by atoms with Crippen molar-refractivity contribution in [2.45, 2.75) is 138 Å². The van der Waals surface area contributed by atoms with Crippen molar-refractivity contribution in [1.29, 1.82) is 0 Å². The van der Waals surface area contributed by atoms with Crippen molar-refractivity contribution < 1.29 is 78.0 Å². The lowest BCUT2D eigenvalue weighted by atomic mass is 10.0. The molecule has 0 radical (unpaired) electrons. The fourth-order valence-corrected chi connectivity index (χ4v) is 8.53. The Bertz CT molecular complexity index is 2700. The molecule has 20 N–H and O–H groups in total. The van der Waals surface area contributed by atoms with E-state index in [1.54, 1.807) is 60.8 Å². The van der Waals surface area contributed by atoms with Gasteiger partial charge in [0.2, 0.25) is 65.0 Å². The maximum atomic E-state index is 14.8. The molecule has 29 heteroatoms. The molecule has 11 atom stereocenters. The molecule has 0 saturated carbocycles. The fourth-order valence-electron chi connectivity index (χ4n) is 8.53. The predicted molar refractivity (Wildman–Crippen MR) is 277 cm³/mol. The Morgan fingerprint density at radius 3 is 1.77 bits per heavy atom. The predicted octanol–water partition coefficient (Wildman–Crippen LogP) is -6.09. The van der Waals surface area contributed by atoms with Gasteiger partial charge in [-0.15, -0.1) is 0 Å². The van der Waals surface area contributed by atoms with E-state index in [1.807, 2.05) is 0 Å². The number of likely N-dealkylation sites (tertiary alicyclic amines) is 1. The van der Waals surface area contributed by atoms with Crippen LogP contribution in [-0.4, -0.2) is 181 Å². The van der Waals surface area contributed by atoms with Crippen molar-refractivity contribution in [1.82, 2.24) is 47.1 Å². The van der Waals surface area contributed by atoms with Gasteiger partial charge in [0.1, 0.15) is 42.3 Å². The van der Waals surface area contributed by atoms with Crippen molar-refractivity contribution >= 4 is 81.9 Å². The largest absolute Gasteiger partial charge is 0.480 e. The first kappa shape index (κ1) is 63.0. The standard InChI is InChI=1S/C50H69N13O16/c1-24(65)40(61-45(73)33(21-39(54)69)57-46(74)35(23-64)60-43(71)31(15-17-38(53)68)56-42(70)29(51)14-16-37(52)67)48(76)59-34(20-27-22-55-30-12-7-6-11-28(27)30)49(77)63-18-8-13-36(63)47(75)58-32(19-26-9-4-3-5-10-26)44(72)62-41(25(2)66)50(78)79/h3-7,9-12,22,24-25,29,31-36,40-41,55,64-66H,8,13-21,23,51H2,1-2H3,(H2,52,67)(H2,53,68)(H2,54,69)(H,56,70)(H,57,74)(H,58,75)(H,59,76)(H,60,71)(H,61,73)(H,62,72)(H,78,79)/t24-,25-,29+,31+,32+,33+,34+,35+,36+,40+,41+/m1/s1. The fraction of sp³-hybridized carbons (Fsp3) is 0.480. The molecule has 3 aromatic rings. The van der Waals surface area contributed by atoms with Gasteiger partial charge in [-0.2, -0.15) is 0 Å². The third-order valence-corrected chi connectivity index (χ3v) is 12.8. The van der Waals surface area contributed by atoms with Crippen LogP contribution in [0.3, 0.4) is 0 Å². The normalized spacial score (nSPS) is 16.9. The van der Waals surface area contributed by atoms with Crippen LogP contribution in [0.25, 0.3) is 10.9 Å². The number of aromatic amines is 1. The highest BCUT2D eigenvalue weighted by Crippen LogP contribution is 2.24. The first-order valence-electron chi connectivity index (χ1n) is 25.1. The number of benzene rings is 2. The van der Waals surface area contributed by atoms with E-state index in [1.165, 1.54) is 4.90 Å². The third kappa shape index (κ3) is 18.9. The zero-order valence-electron chi connectivity index (χ0n) is 43.3. The van der Waals surface area contributed by atoms with Gasteiger partial charge in [-0.05, 0) is 56.7 Å². The minimum Gasteiger partial charge on any atom is -0.480 e. The van der Waals surface area contributed by atoms with Gasteiger partial charge in [-0.1, -0.05) is 48.5 Å². The van der Waals surface area contributed by atoms with Crippen LogP contribution in [0.5, 0.6) is 0 Å². The van der Waals surface area contributed by atoms with E-state index in [2.05, 4.69) is 42.2 Å². The molecule has 0 bridgehead atoms. The van der Waals surface area contributed by atoms with Gasteiger partial charge in [0, 0.05) is 49.3 Å². The first-order valence-corrected chi connectivity index (χ1v) is 25.1. The summed E-state index contributed by atoms with van der Waals surface area (Å²) in [5.74, 6) is -12.8. The second-order valence-corrected chi connectivity index (χ2v) is 19.0. The number of nitrogens with zero attached hydrogens (tertiary/aromatic N) is 1. The van der Waals surface area contributed by atoms with Crippen molar-refractivity contribution in [2.24, 2.45) is 22.9 Å². The van der Waals surface area contributed by atoms with Crippen LogP contribution in [0.15, 0.2) is 60.8 Å². The summed E-state index contributed by atoms with van der Waals surface area (Å²) in [6.07, 6.45) is -4.03. The summed E-state index contributed by atoms with van der Waals surface area (Å²) in [6, 6.07) is 0.724. The molecule has 430 valence electrons. The number of fused-ring (bicyclic) bond motifs is 1. The quantitative estimate of drug-likeness (QED) is 0.0285. The maximum Gasteiger partial charge on any atom is 0.328 e. The van der Waals surface area contributed by atoms with E-state index >= 15 is 0 Å². The topological polar surface area (TPSA) is 493 Å². The number of aliphatic hydroxyl groups excluding tert-OH is 3. The van der Waals surface area contributed by atoms with Crippen LogP contribution >= 0.6 is 0 Å². The lowest BCUT2D eigenvalue weighted by Crippen LogP contribution is -2.62. The van der Waals surface area contributed by atoms with E-state index in [4.69, 9.17) is 22.9 Å². The molecule has 4 rings (SSSR count). The van der Waals surface area contributed by atoms with Crippen molar-refractivity contribution in [2.75, 3.05) is 13.2 Å². The Kier molecular flexibility index (Phi) is 23.8. The minimum atomic E-state index is -1.96. The number of primary amides is 3. The molecule has 0 unspecified atom stereocenters. The van der Waals surface area contributed by atoms with E-state index < -0.39 is 163 Å². The lowest BCUT2D eigenvalue weighted by molar-refractivity contribution is -0.145. The Balaban J connectivity index is 1.58. The van der Waals surface area contributed by atoms with E-state index in [-0.39, 0.29) is 45.1 Å². The summed E-state index contributed by atoms with van der Waals surface area (Å²) in [7, 11) is 0. The summed E-state index contributed by atoms with van der Waals surface area (Å²) in [4.78, 5) is 162.